The predicted octanol–water partition coefficient (Wildman–Crippen LogP) is 4.20. The highest BCUT2D eigenvalue weighted by Crippen LogP contribution is 2.22. The maximum Gasteiger partial charge on any atom is 0.123 e. The molecule has 0 unspecified atom stereocenters. The Hall–Kier alpha value is -0.730. The fourth-order valence-corrected chi connectivity index (χ4v) is 1.87. The molecule has 102 valence electrons. The van der Waals surface area contributed by atoms with Gasteiger partial charge in [-0.05, 0) is 50.4 Å². The van der Waals surface area contributed by atoms with Crippen molar-refractivity contribution in [2.45, 2.75) is 46.1 Å². The molecular formula is C15H24ClNO. The number of aryl methyl sites for hydroxylation is 1. The highest BCUT2D eigenvalue weighted by Gasteiger charge is 2.00. The average molecular weight is 270 g/mol. The quantitative estimate of drug-likeness (QED) is 0.715. The van der Waals surface area contributed by atoms with Gasteiger partial charge >= 0.3 is 0 Å². The van der Waals surface area contributed by atoms with Crippen molar-refractivity contribution in [2.24, 2.45) is 0 Å². The van der Waals surface area contributed by atoms with Crippen molar-refractivity contribution in [3.8, 4) is 5.75 Å². The molecule has 1 N–H and O–H groups in total. The molecule has 0 aromatic heterocycles. The van der Waals surface area contributed by atoms with Crippen molar-refractivity contribution in [2.75, 3.05) is 13.2 Å². The SMILES string of the molecule is Cc1ccc(Cl)cc1OCCCCCNC(C)C. The Kier molecular flexibility index (Phi) is 7.14. The van der Waals surface area contributed by atoms with Crippen molar-refractivity contribution in [1.82, 2.24) is 5.32 Å². The molecular weight excluding hydrogens is 246 g/mol. The largest absolute Gasteiger partial charge is 0.493 e. The molecule has 0 fully saturated rings. The van der Waals surface area contributed by atoms with Gasteiger partial charge in [0, 0.05) is 11.1 Å². The molecule has 0 amide bonds. The second kappa shape index (κ2) is 8.39. The van der Waals surface area contributed by atoms with E-state index in [2.05, 4.69) is 19.2 Å². The van der Waals surface area contributed by atoms with Gasteiger partial charge < -0.3 is 10.1 Å². The second-order valence-electron chi connectivity index (χ2n) is 4.93. The molecule has 0 aliphatic rings. The summed E-state index contributed by atoms with van der Waals surface area (Å²) in [5, 5.41) is 4.15. The highest BCUT2D eigenvalue weighted by molar-refractivity contribution is 6.30. The Morgan fingerprint density at radius 3 is 2.72 bits per heavy atom. The zero-order chi connectivity index (χ0) is 13.4. The van der Waals surface area contributed by atoms with Crippen molar-refractivity contribution >= 4 is 11.6 Å². The van der Waals surface area contributed by atoms with Gasteiger partial charge in [0.2, 0.25) is 0 Å². The van der Waals surface area contributed by atoms with Crippen LogP contribution in [-0.4, -0.2) is 19.2 Å². The Labute approximate surface area is 116 Å². The van der Waals surface area contributed by atoms with Crippen molar-refractivity contribution in [3.63, 3.8) is 0 Å². The Morgan fingerprint density at radius 1 is 1.22 bits per heavy atom. The third-order valence-corrected chi connectivity index (χ3v) is 3.02. The van der Waals surface area contributed by atoms with Crippen molar-refractivity contribution < 1.29 is 4.74 Å². The first-order chi connectivity index (χ1) is 8.59. The topological polar surface area (TPSA) is 21.3 Å². The molecule has 18 heavy (non-hydrogen) atoms. The first-order valence-corrected chi connectivity index (χ1v) is 7.09. The Morgan fingerprint density at radius 2 is 2.00 bits per heavy atom. The van der Waals surface area contributed by atoms with Gasteiger partial charge in [-0.25, -0.2) is 0 Å². The third kappa shape index (κ3) is 6.27. The minimum atomic E-state index is 0.579. The first-order valence-electron chi connectivity index (χ1n) is 6.72. The Bertz CT molecular complexity index is 352. The number of rotatable bonds is 8. The lowest BCUT2D eigenvalue weighted by Crippen LogP contribution is -2.23. The minimum Gasteiger partial charge on any atom is -0.493 e. The maximum atomic E-state index is 5.94. The molecule has 3 heteroatoms. The third-order valence-electron chi connectivity index (χ3n) is 2.78. The van der Waals surface area contributed by atoms with E-state index in [4.69, 9.17) is 16.3 Å². The van der Waals surface area contributed by atoms with E-state index in [1.807, 2.05) is 25.1 Å². The number of hydrogen-bond acceptors (Lipinski definition) is 2. The second-order valence-corrected chi connectivity index (χ2v) is 5.36. The lowest BCUT2D eigenvalue weighted by Gasteiger charge is -2.10. The van der Waals surface area contributed by atoms with Crippen LogP contribution in [0.5, 0.6) is 5.75 Å². The van der Waals surface area contributed by atoms with Gasteiger partial charge in [0.15, 0.2) is 0 Å². The van der Waals surface area contributed by atoms with E-state index in [-0.39, 0.29) is 0 Å². The number of ether oxygens (including phenoxy) is 1. The van der Waals surface area contributed by atoms with E-state index in [0.29, 0.717) is 6.04 Å². The molecule has 0 heterocycles. The van der Waals surface area contributed by atoms with Crippen LogP contribution in [0.1, 0.15) is 38.7 Å². The van der Waals surface area contributed by atoms with Crippen LogP contribution >= 0.6 is 11.6 Å². The summed E-state index contributed by atoms with van der Waals surface area (Å²) in [4.78, 5) is 0. The van der Waals surface area contributed by atoms with Crippen LogP contribution in [0.4, 0.5) is 0 Å². The van der Waals surface area contributed by atoms with Crippen LogP contribution in [0.25, 0.3) is 0 Å². The summed E-state index contributed by atoms with van der Waals surface area (Å²) >= 11 is 5.94. The predicted molar refractivity (Wildman–Crippen MR) is 78.7 cm³/mol. The number of nitrogens with one attached hydrogen (secondary N) is 1. The smallest absolute Gasteiger partial charge is 0.123 e. The monoisotopic (exact) mass is 269 g/mol. The fourth-order valence-electron chi connectivity index (χ4n) is 1.71. The molecule has 2 nitrogen and oxygen atoms in total. The van der Waals surface area contributed by atoms with Gasteiger partial charge in [0.1, 0.15) is 5.75 Å². The summed E-state index contributed by atoms with van der Waals surface area (Å²) in [7, 11) is 0. The average Bonchev–Trinajstić information content (AvgIpc) is 2.32. The van der Waals surface area contributed by atoms with Crippen LogP contribution in [0.15, 0.2) is 18.2 Å². The molecule has 1 aromatic carbocycles. The molecule has 0 saturated carbocycles. The van der Waals surface area contributed by atoms with Crippen LogP contribution < -0.4 is 10.1 Å². The Balaban J connectivity index is 2.12. The number of halogens is 1. The van der Waals surface area contributed by atoms with Crippen molar-refractivity contribution in [3.05, 3.63) is 28.8 Å². The summed E-state index contributed by atoms with van der Waals surface area (Å²) in [5.41, 5.74) is 1.14. The van der Waals surface area contributed by atoms with E-state index < -0.39 is 0 Å². The van der Waals surface area contributed by atoms with Crippen molar-refractivity contribution in [1.29, 1.82) is 0 Å². The molecule has 0 aliphatic heterocycles. The first kappa shape index (κ1) is 15.3. The van der Waals surface area contributed by atoms with E-state index >= 15 is 0 Å². The van der Waals surface area contributed by atoms with Gasteiger partial charge in [-0.2, -0.15) is 0 Å². The van der Waals surface area contributed by atoms with Crippen LogP contribution in [0.3, 0.4) is 0 Å². The molecule has 0 aliphatic carbocycles. The summed E-state index contributed by atoms with van der Waals surface area (Å²) in [5.74, 6) is 0.905. The minimum absolute atomic E-state index is 0.579. The van der Waals surface area contributed by atoms with E-state index in [1.54, 1.807) is 0 Å². The number of hydrogen-bond donors (Lipinski definition) is 1. The summed E-state index contributed by atoms with van der Waals surface area (Å²) < 4.78 is 5.74. The summed E-state index contributed by atoms with van der Waals surface area (Å²) in [6.07, 6.45) is 3.49. The van der Waals surface area contributed by atoms with E-state index in [0.717, 1.165) is 35.9 Å². The van der Waals surface area contributed by atoms with E-state index in [9.17, 15) is 0 Å². The highest BCUT2D eigenvalue weighted by atomic mass is 35.5. The van der Waals surface area contributed by atoms with Gasteiger partial charge in [0.25, 0.3) is 0 Å². The molecule has 0 bridgehead atoms. The lowest BCUT2D eigenvalue weighted by atomic mass is 10.2. The number of benzene rings is 1. The zero-order valence-electron chi connectivity index (χ0n) is 11.6. The van der Waals surface area contributed by atoms with Gasteiger partial charge in [0.05, 0.1) is 6.61 Å². The fraction of sp³-hybridized carbons (Fsp3) is 0.600. The zero-order valence-corrected chi connectivity index (χ0v) is 12.4. The lowest BCUT2D eigenvalue weighted by molar-refractivity contribution is 0.302. The molecule has 1 rings (SSSR count). The van der Waals surface area contributed by atoms with Crippen LogP contribution in [0, 0.1) is 6.92 Å². The normalized spacial score (nSPS) is 10.9. The van der Waals surface area contributed by atoms with Gasteiger partial charge in [-0.3, -0.25) is 0 Å². The molecule has 0 radical (unpaired) electrons. The van der Waals surface area contributed by atoms with Crippen LogP contribution in [-0.2, 0) is 0 Å². The molecule has 1 aromatic rings. The summed E-state index contributed by atoms with van der Waals surface area (Å²) in [6, 6.07) is 6.35. The maximum absolute atomic E-state index is 5.94. The molecule has 0 atom stereocenters. The van der Waals surface area contributed by atoms with Crippen LogP contribution in [0.2, 0.25) is 5.02 Å². The van der Waals surface area contributed by atoms with Gasteiger partial charge in [-0.1, -0.05) is 31.5 Å². The molecule has 0 saturated heterocycles. The summed E-state index contributed by atoms with van der Waals surface area (Å²) in [6.45, 7) is 8.24. The van der Waals surface area contributed by atoms with E-state index in [1.165, 1.54) is 12.8 Å². The molecule has 0 spiro atoms. The number of unbranched alkanes of at least 4 members (excludes halogenated alkanes) is 2. The van der Waals surface area contributed by atoms with Gasteiger partial charge in [-0.15, -0.1) is 0 Å². The standard InChI is InChI=1S/C15H24ClNO/c1-12(2)17-9-5-4-6-10-18-15-11-14(16)8-7-13(15)3/h7-8,11-12,17H,4-6,9-10H2,1-3H3.